The lowest BCUT2D eigenvalue weighted by atomic mass is 9.81. The normalized spacial score (nSPS) is 11.9. The van der Waals surface area contributed by atoms with Crippen molar-refractivity contribution < 1.29 is 4.74 Å². The highest BCUT2D eigenvalue weighted by Gasteiger charge is 2.22. The molecule has 3 aromatic carbocycles. The molecular formula is C33H40OS3. The Labute approximate surface area is 239 Å². The minimum Gasteiger partial charge on any atom is -0.497 e. The molecule has 1 unspecified atom stereocenters. The van der Waals surface area contributed by atoms with E-state index in [0.29, 0.717) is 5.25 Å². The first-order valence-corrected chi connectivity index (χ1v) is 14.7. The lowest BCUT2D eigenvalue weighted by molar-refractivity contribution is 0.414. The number of rotatable bonds is 8. The average Bonchev–Trinajstić information content (AvgIpc) is 2.92. The molecule has 0 spiro atoms. The summed E-state index contributed by atoms with van der Waals surface area (Å²) < 4.78 is 6.15. The zero-order chi connectivity index (χ0) is 27.5. The molecule has 0 fully saturated rings. The number of ether oxygens (including phenoxy) is 1. The summed E-state index contributed by atoms with van der Waals surface area (Å²) in [5.74, 6) is 3.83. The van der Waals surface area contributed by atoms with Crippen LogP contribution in [0.1, 0.15) is 82.4 Å². The highest BCUT2D eigenvalue weighted by molar-refractivity contribution is 8.23. The second kappa shape index (κ2) is 14.7. The topological polar surface area (TPSA) is 9.23 Å². The van der Waals surface area contributed by atoms with Gasteiger partial charge >= 0.3 is 0 Å². The van der Waals surface area contributed by atoms with Gasteiger partial charge in [-0.3, -0.25) is 0 Å². The Kier molecular flexibility index (Phi) is 12.3. The van der Waals surface area contributed by atoms with E-state index in [-0.39, 0.29) is 10.2 Å². The van der Waals surface area contributed by atoms with Crippen molar-refractivity contribution in [1.82, 2.24) is 0 Å². The summed E-state index contributed by atoms with van der Waals surface area (Å²) >= 11 is 8.88. The van der Waals surface area contributed by atoms with Crippen LogP contribution in [0.2, 0.25) is 0 Å². The maximum absolute atomic E-state index is 5.48. The van der Waals surface area contributed by atoms with Crippen molar-refractivity contribution in [2.75, 3.05) is 7.11 Å². The summed E-state index contributed by atoms with van der Waals surface area (Å²) in [5, 5.41) is 3.44. The Bertz CT molecular complexity index is 1170. The van der Waals surface area contributed by atoms with E-state index in [4.69, 9.17) is 17.0 Å². The second-order valence-electron chi connectivity index (χ2n) is 9.97. The molecule has 0 heterocycles. The van der Waals surface area contributed by atoms with Gasteiger partial charge in [0.05, 0.1) is 11.3 Å². The van der Waals surface area contributed by atoms with E-state index >= 15 is 0 Å². The van der Waals surface area contributed by atoms with Gasteiger partial charge in [-0.15, -0.1) is 11.8 Å². The van der Waals surface area contributed by atoms with Gasteiger partial charge in [-0.2, -0.15) is 0 Å². The van der Waals surface area contributed by atoms with Crippen LogP contribution in [0.3, 0.4) is 0 Å². The monoisotopic (exact) mass is 548 g/mol. The van der Waals surface area contributed by atoms with Gasteiger partial charge in [0.15, 0.2) is 0 Å². The summed E-state index contributed by atoms with van der Waals surface area (Å²) in [5.41, 5.74) is 5.38. The van der Waals surface area contributed by atoms with Crippen LogP contribution in [-0.4, -0.2) is 11.3 Å². The molecule has 1 nitrogen and oxygen atoms in total. The van der Waals surface area contributed by atoms with E-state index in [1.165, 1.54) is 16.7 Å². The molecule has 0 N–H and O–H groups in total. The van der Waals surface area contributed by atoms with Crippen LogP contribution >= 0.6 is 35.7 Å². The molecule has 3 rings (SSSR count). The molecular weight excluding hydrogens is 509 g/mol. The van der Waals surface area contributed by atoms with Crippen molar-refractivity contribution >= 4 is 39.9 Å². The van der Waals surface area contributed by atoms with Crippen molar-refractivity contribution in [1.29, 1.82) is 0 Å². The Hall–Kier alpha value is -2.19. The van der Waals surface area contributed by atoms with Crippen molar-refractivity contribution in [2.24, 2.45) is 0 Å². The minimum absolute atomic E-state index is 0.0535. The molecule has 196 valence electrons. The van der Waals surface area contributed by atoms with Crippen molar-refractivity contribution in [2.45, 2.75) is 70.3 Å². The number of hydrogen-bond donors (Lipinski definition) is 0. The maximum Gasteiger partial charge on any atom is 0.118 e. The van der Waals surface area contributed by atoms with E-state index in [0.717, 1.165) is 21.9 Å². The number of methoxy groups -OCH3 is 1. The van der Waals surface area contributed by atoms with E-state index in [2.05, 4.69) is 101 Å². The fourth-order valence-electron chi connectivity index (χ4n) is 3.51. The Morgan fingerprint density at radius 2 is 1.46 bits per heavy atom. The average molecular weight is 549 g/mol. The van der Waals surface area contributed by atoms with Crippen molar-refractivity contribution in [3.63, 3.8) is 0 Å². The number of thiocarbonyl (C=S) groups is 1. The fourth-order valence-corrected chi connectivity index (χ4v) is 5.58. The maximum atomic E-state index is 5.48. The van der Waals surface area contributed by atoms with Crippen LogP contribution in [0.4, 0.5) is 0 Å². The van der Waals surface area contributed by atoms with Gasteiger partial charge in [0.2, 0.25) is 0 Å². The van der Waals surface area contributed by atoms with E-state index in [9.17, 15) is 0 Å². The number of thioether (sulfide) groups is 2. The summed E-state index contributed by atoms with van der Waals surface area (Å²) in [7, 11) is 1.68. The Balaban J connectivity index is 0.000000261. The zero-order valence-corrected chi connectivity index (χ0v) is 25.9. The van der Waals surface area contributed by atoms with E-state index in [1.807, 2.05) is 37.3 Å². The van der Waals surface area contributed by atoms with Crippen LogP contribution in [0.15, 0.2) is 78.9 Å². The Morgan fingerprint density at radius 3 is 1.97 bits per heavy atom. The molecule has 0 aliphatic carbocycles. The highest BCUT2D eigenvalue weighted by atomic mass is 32.2. The van der Waals surface area contributed by atoms with Gasteiger partial charge < -0.3 is 4.74 Å². The van der Waals surface area contributed by atoms with E-state index < -0.39 is 0 Å². The second-order valence-corrected chi connectivity index (χ2v) is 13.4. The first-order valence-electron chi connectivity index (χ1n) is 12.6. The largest absolute Gasteiger partial charge is 0.497 e. The smallest absolute Gasteiger partial charge is 0.118 e. The lowest BCUT2D eigenvalue weighted by Gasteiger charge is -2.26. The summed E-state index contributed by atoms with van der Waals surface area (Å²) in [6.45, 7) is 15.3. The standard InChI is InChI=1S/C17H24S.C16H16OS2/c1-7-13-18-17(5,6)15-11-9-14(10-12-15)16(3,4)8-2;1-12(13-8-10-15(17-2)11-9-13)19-16(18)14-6-4-3-5-7-14/h9-12H,8H2,1-6H3;3-12H,1-2H3. The molecule has 4 heteroatoms. The van der Waals surface area contributed by atoms with Crippen molar-refractivity contribution in [3.05, 3.63) is 101 Å². The molecule has 37 heavy (non-hydrogen) atoms. The number of hydrogen-bond acceptors (Lipinski definition) is 4. The van der Waals surface area contributed by atoms with Crippen LogP contribution < -0.4 is 4.74 Å². The van der Waals surface area contributed by atoms with Gasteiger partial charge in [-0.05, 0) is 79.2 Å². The quantitative estimate of drug-likeness (QED) is 0.204. The van der Waals surface area contributed by atoms with Gasteiger partial charge in [0.25, 0.3) is 0 Å². The predicted octanol–water partition coefficient (Wildman–Crippen LogP) is 10.2. The van der Waals surface area contributed by atoms with Gasteiger partial charge in [0, 0.05) is 10.00 Å². The highest BCUT2D eigenvalue weighted by Crippen LogP contribution is 2.36. The summed E-state index contributed by atoms with van der Waals surface area (Å²) in [6.07, 6.45) is 1.16. The molecule has 0 aliphatic rings. The molecule has 0 amide bonds. The third-order valence-corrected chi connectivity index (χ3v) is 9.18. The van der Waals surface area contributed by atoms with Gasteiger partial charge in [0.1, 0.15) is 5.75 Å². The van der Waals surface area contributed by atoms with Crippen LogP contribution in [-0.2, 0) is 10.2 Å². The van der Waals surface area contributed by atoms with Gasteiger partial charge in [-0.1, -0.05) is 117 Å². The number of benzene rings is 3. The van der Waals surface area contributed by atoms with E-state index in [1.54, 1.807) is 30.6 Å². The zero-order valence-electron chi connectivity index (χ0n) is 23.4. The summed E-state index contributed by atoms with van der Waals surface area (Å²) in [4.78, 5) is 0. The predicted molar refractivity (Wildman–Crippen MR) is 171 cm³/mol. The molecule has 3 aromatic rings. The lowest BCUT2D eigenvalue weighted by Crippen LogP contribution is -2.16. The van der Waals surface area contributed by atoms with Crippen molar-refractivity contribution in [3.8, 4) is 16.9 Å². The fraction of sp³-hybridized carbons (Fsp3) is 0.364. The molecule has 0 bridgehead atoms. The van der Waals surface area contributed by atoms with Crippen LogP contribution in [0.25, 0.3) is 0 Å². The molecule has 1 atom stereocenters. The first-order chi connectivity index (χ1) is 17.5. The van der Waals surface area contributed by atoms with Crippen LogP contribution in [0, 0.1) is 11.2 Å². The third kappa shape index (κ3) is 9.56. The molecule has 0 aromatic heterocycles. The summed E-state index contributed by atoms with van der Waals surface area (Å²) in [6, 6.07) is 27.3. The molecule has 0 aliphatic heterocycles. The Morgan fingerprint density at radius 1 is 0.892 bits per heavy atom. The third-order valence-electron chi connectivity index (χ3n) is 6.53. The molecule has 0 saturated carbocycles. The first kappa shape index (κ1) is 31.0. The molecule has 0 radical (unpaired) electrons. The SMILES string of the molecule is CC#CSC(C)(C)c1ccc(C(C)(C)CC)cc1.COc1ccc(C(C)SC(=S)c2ccccc2)cc1. The van der Waals surface area contributed by atoms with Crippen LogP contribution in [0.5, 0.6) is 5.75 Å². The minimum atomic E-state index is 0.0535. The molecule has 0 saturated heterocycles. The van der Waals surface area contributed by atoms with Gasteiger partial charge in [-0.25, -0.2) is 0 Å².